The van der Waals surface area contributed by atoms with E-state index in [9.17, 15) is 19.5 Å². The molecule has 0 amide bonds. The van der Waals surface area contributed by atoms with Crippen LogP contribution >= 0.6 is 0 Å². The number of hydrogen-bond acceptors (Lipinski definition) is 8. The number of aliphatic carboxylic acids is 1. The number of nitrogens with zero attached hydrogens (tertiary/aromatic N) is 1. The zero-order chi connectivity index (χ0) is 42.1. The maximum Gasteiger partial charge on any atom is 0.306 e. The molecule has 0 aliphatic heterocycles. The Morgan fingerprint density at radius 1 is 0.526 bits per heavy atom. The van der Waals surface area contributed by atoms with Crippen molar-refractivity contribution in [3.63, 3.8) is 0 Å². The van der Waals surface area contributed by atoms with Gasteiger partial charge in [0, 0.05) is 12.8 Å². The van der Waals surface area contributed by atoms with Crippen LogP contribution in [0.5, 0.6) is 0 Å². The van der Waals surface area contributed by atoms with Crippen LogP contribution < -0.4 is 5.11 Å². The number of carbonyl (C=O) groups excluding carboxylic acids is 3. The first-order valence-corrected chi connectivity index (χ1v) is 23.1. The van der Waals surface area contributed by atoms with Crippen LogP contribution in [0.2, 0.25) is 0 Å². The molecule has 9 nitrogen and oxygen atoms in total. The minimum Gasteiger partial charge on any atom is -0.545 e. The summed E-state index contributed by atoms with van der Waals surface area (Å²) >= 11 is 0. The summed E-state index contributed by atoms with van der Waals surface area (Å²) in [5.74, 6) is -2.31. The van der Waals surface area contributed by atoms with Crippen LogP contribution in [-0.2, 0) is 33.3 Å². The van der Waals surface area contributed by atoms with Crippen LogP contribution in [0.3, 0.4) is 0 Å². The molecule has 57 heavy (non-hydrogen) atoms. The molecule has 0 N–H and O–H groups in total. The SMILES string of the molecule is CCC/C=C\C/C=C\CCCCCCCC(=O)OC(COC(=O)CCCCCCCCCCC/C=C\CCCCCCCC)COC(OCC[N+](C)(C)C)C(=O)[O-]. The molecule has 9 heteroatoms. The second-order valence-corrected chi connectivity index (χ2v) is 16.7. The molecule has 0 rings (SSSR count). The second kappa shape index (κ2) is 40.3. The van der Waals surface area contributed by atoms with Gasteiger partial charge in [-0.15, -0.1) is 0 Å². The molecular weight excluding hydrogens is 719 g/mol. The van der Waals surface area contributed by atoms with Gasteiger partial charge in [0.15, 0.2) is 12.4 Å². The Morgan fingerprint density at radius 2 is 0.982 bits per heavy atom. The van der Waals surface area contributed by atoms with E-state index in [1.165, 1.54) is 96.3 Å². The molecule has 0 aromatic carbocycles. The molecule has 0 spiro atoms. The Balaban J connectivity index is 4.39. The van der Waals surface area contributed by atoms with Gasteiger partial charge >= 0.3 is 11.9 Å². The lowest BCUT2D eigenvalue weighted by Gasteiger charge is -2.26. The molecule has 0 aliphatic rings. The number of hydrogen-bond donors (Lipinski definition) is 0. The van der Waals surface area contributed by atoms with E-state index in [1.54, 1.807) is 0 Å². The molecule has 0 radical (unpaired) electrons. The van der Waals surface area contributed by atoms with Crippen molar-refractivity contribution in [3.05, 3.63) is 36.5 Å². The third kappa shape index (κ3) is 41.5. The molecule has 0 fully saturated rings. The summed E-state index contributed by atoms with van der Waals surface area (Å²) in [7, 11) is 5.90. The Labute approximate surface area is 350 Å². The van der Waals surface area contributed by atoms with Crippen molar-refractivity contribution in [2.24, 2.45) is 0 Å². The zero-order valence-electron chi connectivity index (χ0n) is 37.5. The van der Waals surface area contributed by atoms with Crippen LogP contribution in [-0.4, -0.2) is 82.3 Å². The standard InChI is InChI=1S/C48H87NO8/c1-6-8-10-12-14-16-18-20-21-22-23-24-25-27-28-30-32-34-36-38-45(50)55-42-44(43-56-48(47(52)53)54-41-40-49(3,4)5)57-46(51)39-37-35-33-31-29-26-19-17-15-13-11-9-7-2/h11,13,17,19-21,44,48H,6-10,12,14-16,18,22-43H2,1-5H3/b13-11-,19-17-,21-20-. The molecule has 0 saturated carbocycles. The quantitative estimate of drug-likeness (QED) is 0.0197. The molecule has 2 atom stereocenters. The number of quaternary nitrogens is 1. The number of allylic oxidation sites excluding steroid dienone is 6. The van der Waals surface area contributed by atoms with Gasteiger partial charge in [-0.1, -0.05) is 153 Å². The highest BCUT2D eigenvalue weighted by molar-refractivity contribution is 5.70. The fourth-order valence-corrected chi connectivity index (χ4v) is 6.21. The molecular formula is C48H87NO8. The fraction of sp³-hybridized carbons (Fsp3) is 0.812. The maximum atomic E-state index is 12.7. The van der Waals surface area contributed by atoms with Gasteiger partial charge < -0.3 is 33.3 Å². The third-order valence-corrected chi connectivity index (χ3v) is 9.84. The number of rotatable bonds is 42. The zero-order valence-corrected chi connectivity index (χ0v) is 37.5. The van der Waals surface area contributed by atoms with Crippen molar-refractivity contribution in [2.75, 3.05) is 47.5 Å². The Bertz CT molecular complexity index is 1030. The average molecular weight is 806 g/mol. The van der Waals surface area contributed by atoms with Gasteiger partial charge in [-0.25, -0.2) is 0 Å². The number of esters is 2. The number of carboxylic acids is 1. The summed E-state index contributed by atoms with van der Waals surface area (Å²) in [6.07, 6.45) is 41.7. The van der Waals surface area contributed by atoms with Gasteiger partial charge in [0.2, 0.25) is 0 Å². The summed E-state index contributed by atoms with van der Waals surface area (Å²) in [5, 5.41) is 11.7. The molecule has 0 aromatic heterocycles. The topological polar surface area (TPSA) is 111 Å². The number of likely N-dealkylation sites (N-methyl/N-ethyl adjacent to an activating group) is 1. The smallest absolute Gasteiger partial charge is 0.306 e. The summed E-state index contributed by atoms with van der Waals surface area (Å²) in [6, 6.07) is 0. The third-order valence-electron chi connectivity index (χ3n) is 9.84. The van der Waals surface area contributed by atoms with Crippen molar-refractivity contribution in [1.82, 2.24) is 0 Å². The number of ether oxygens (including phenoxy) is 4. The van der Waals surface area contributed by atoms with E-state index in [0.29, 0.717) is 17.4 Å². The fourth-order valence-electron chi connectivity index (χ4n) is 6.21. The highest BCUT2D eigenvalue weighted by Crippen LogP contribution is 2.14. The molecule has 0 heterocycles. The van der Waals surface area contributed by atoms with E-state index in [1.807, 2.05) is 21.1 Å². The Kier molecular flexibility index (Phi) is 38.5. The normalized spacial score (nSPS) is 13.2. The molecule has 2 unspecified atom stereocenters. The van der Waals surface area contributed by atoms with E-state index >= 15 is 0 Å². The first kappa shape index (κ1) is 54.5. The van der Waals surface area contributed by atoms with Crippen molar-refractivity contribution in [2.45, 2.75) is 206 Å². The van der Waals surface area contributed by atoms with Crippen molar-refractivity contribution < 1.29 is 42.9 Å². The van der Waals surface area contributed by atoms with Gasteiger partial charge in [0.25, 0.3) is 0 Å². The highest BCUT2D eigenvalue weighted by atomic mass is 16.7. The van der Waals surface area contributed by atoms with Gasteiger partial charge in [0.05, 0.1) is 40.3 Å². The predicted octanol–water partition coefficient (Wildman–Crippen LogP) is 10.9. The van der Waals surface area contributed by atoms with Gasteiger partial charge in [-0.3, -0.25) is 9.59 Å². The van der Waals surface area contributed by atoms with Crippen LogP contribution in [0.15, 0.2) is 36.5 Å². The first-order chi connectivity index (χ1) is 27.6. The molecule has 0 aliphatic carbocycles. The van der Waals surface area contributed by atoms with E-state index in [2.05, 4.69) is 50.3 Å². The molecule has 0 saturated heterocycles. The molecule has 0 aromatic rings. The monoisotopic (exact) mass is 806 g/mol. The van der Waals surface area contributed by atoms with Gasteiger partial charge in [-0.05, 0) is 64.2 Å². The first-order valence-electron chi connectivity index (χ1n) is 23.1. The number of unbranched alkanes of at least 4 members (excludes halogenated alkanes) is 21. The van der Waals surface area contributed by atoms with Crippen molar-refractivity contribution in [1.29, 1.82) is 0 Å². The lowest BCUT2D eigenvalue weighted by Crippen LogP contribution is -2.44. The summed E-state index contributed by atoms with van der Waals surface area (Å²) in [6.45, 7) is 4.65. The summed E-state index contributed by atoms with van der Waals surface area (Å²) < 4.78 is 22.5. The number of carboxylic acid groups (broad SMARTS) is 1. The van der Waals surface area contributed by atoms with Crippen molar-refractivity contribution >= 4 is 17.9 Å². The predicted molar refractivity (Wildman–Crippen MR) is 232 cm³/mol. The van der Waals surface area contributed by atoms with Crippen LogP contribution in [0.25, 0.3) is 0 Å². The average Bonchev–Trinajstić information content (AvgIpc) is 3.17. The van der Waals surface area contributed by atoms with Gasteiger partial charge in [0.1, 0.15) is 13.2 Å². The second-order valence-electron chi connectivity index (χ2n) is 16.7. The van der Waals surface area contributed by atoms with Crippen molar-refractivity contribution in [3.8, 4) is 0 Å². The van der Waals surface area contributed by atoms with Crippen LogP contribution in [0.4, 0.5) is 0 Å². The van der Waals surface area contributed by atoms with Crippen LogP contribution in [0.1, 0.15) is 194 Å². The maximum absolute atomic E-state index is 12.7. The highest BCUT2D eigenvalue weighted by Gasteiger charge is 2.21. The Hall–Kier alpha value is -2.49. The van der Waals surface area contributed by atoms with E-state index in [0.717, 1.165) is 64.2 Å². The largest absolute Gasteiger partial charge is 0.545 e. The summed E-state index contributed by atoms with van der Waals surface area (Å²) in [4.78, 5) is 37.0. The number of carbonyl (C=O) groups is 3. The molecule has 332 valence electrons. The van der Waals surface area contributed by atoms with E-state index in [-0.39, 0.29) is 38.6 Å². The lowest BCUT2D eigenvalue weighted by molar-refractivity contribution is -0.870. The van der Waals surface area contributed by atoms with E-state index < -0.39 is 24.3 Å². The van der Waals surface area contributed by atoms with Gasteiger partial charge in [-0.2, -0.15) is 0 Å². The summed E-state index contributed by atoms with van der Waals surface area (Å²) in [5.41, 5.74) is 0. The molecule has 0 bridgehead atoms. The lowest BCUT2D eigenvalue weighted by atomic mass is 10.1. The minimum absolute atomic E-state index is 0.144. The van der Waals surface area contributed by atoms with E-state index in [4.69, 9.17) is 18.9 Å². The Morgan fingerprint density at radius 3 is 1.47 bits per heavy atom. The minimum atomic E-state index is -1.62. The van der Waals surface area contributed by atoms with Crippen LogP contribution in [0, 0.1) is 0 Å².